The summed E-state index contributed by atoms with van der Waals surface area (Å²) in [7, 11) is 0. The van der Waals surface area contributed by atoms with Gasteiger partial charge in [-0.05, 0) is 5.92 Å². The van der Waals surface area contributed by atoms with E-state index >= 15 is 0 Å². The van der Waals surface area contributed by atoms with E-state index in [9.17, 15) is 4.79 Å². The molecule has 2 atom stereocenters. The van der Waals surface area contributed by atoms with Crippen LogP contribution in [0.25, 0.3) is 0 Å². The molecule has 124 valence electrons. The first-order chi connectivity index (χ1) is 9.47. The van der Waals surface area contributed by atoms with Gasteiger partial charge >= 0.3 is 5.97 Å². The van der Waals surface area contributed by atoms with E-state index in [1.807, 2.05) is 27.7 Å². The Labute approximate surface area is 129 Å². The summed E-state index contributed by atoms with van der Waals surface area (Å²) in [5, 5.41) is 0. The molecule has 4 nitrogen and oxygen atoms in total. The van der Waals surface area contributed by atoms with Crippen molar-refractivity contribution in [1.29, 1.82) is 0 Å². The van der Waals surface area contributed by atoms with Crippen molar-refractivity contribution < 1.29 is 19.0 Å². The van der Waals surface area contributed by atoms with Gasteiger partial charge in [0.05, 0.1) is 18.6 Å². The average Bonchev–Trinajstić information content (AvgIpc) is 2.34. The number of carbonyl (C=O) groups excluding carboxylic acids is 1. The number of ether oxygens (including phenoxy) is 3. The third-order valence-corrected chi connectivity index (χ3v) is 3.95. The average molecular weight is 300 g/mol. The minimum absolute atomic E-state index is 0.00461. The van der Waals surface area contributed by atoms with Crippen LogP contribution in [0.5, 0.6) is 0 Å². The molecule has 0 N–H and O–H groups in total. The van der Waals surface area contributed by atoms with Gasteiger partial charge in [-0.3, -0.25) is 4.79 Å². The van der Waals surface area contributed by atoms with E-state index in [4.69, 9.17) is 14.2 Å². The second kappa shape index (κ2) is 6.66. The largest absolute Gasteiger partial charge is 0.465 e. The molecule has 0 aromatic heterocycles. The molecule has 4 heteroatoms. The summed E-state index contributed by atoms with van der Waals surface area (Å²) in [4.78, 5) is 11.6. The molecule has 0 saturated carbocycles. The molecule has 0 spiro atoms. The zero-order valence-electron chi connectivity index (χ0n) is 14.9. The van der Waals surface area contributed by atoms with Crippen molar-refractivity contribution in [2.45, 2.75) is 67.8 Å². The zero-order chi connectivity index (χ0) is 16.4. The molecule has 0 aliphatic carbocycles. The van der Waals surface area contributed by atoms with Gasteiger partial charge in [-0.15, -0.1) is 0 Å². The van der Waals surface area contributed by atoms with Crippen LogP contribution in [-0.2, 0) is 19.0 Å². The minimum atomic E-state index is -0.367. The standard InChI is InChI=1S/C17H32O4/c1-11(2)13-16(5,6)9-20-15(21-13)17(7,8)10-19-14(18)12(3)4/h11-13,15H,9-10H2,1-8H3/t13-,15+/m0/s1. The van der Waals surface area contributed by atoms with Crippen LogP contribution in [0.15, 0.2) is 0 Å². The summed E-state index contributed by atoms with van der Waals surface area (Å²) in [6.07, 6.45) is -0.214. The second-order valence-corrected chi connectivity index (χ2v) is 8.18. The van der Waals surface area contributed by atoms with Gasteiger partial charge in [-0.25, -0.2) is 0 Å². The second-order valence-electron chi connectivity index (χ2n) is 8.18. The number of carbonyl (C=O) groups is 1. The Kier molecular flexibility index (Phi) is 5.84. The Balaban J connectivity index is 2.69. The van der Waals surface area contributed by atoms with Crippen LogP contribution in [0, 0.1) is 22.7 Å². The molecule has 1 saturated heterocycles. The molecule has 1 rings (SSSR count). The maximum Gasteiger partial charge on any atom is 0.308 e. The van der Waals surface area contributed by atoms with Crippen molar-refractivity contribution in [2.24, 2.45) is 22.7 Å². The van der Waals surface area contributed by atoms with Crippen LogP contribution in [0.4, 0.5) is 0 Å². The lowest BCUT2D eigenvalue weighted by atomic mass is 9.79. The summed E-state index contributed by atoms with van der Waals surface area (Å²) in [6, 6.07) is 0. The summed E-state index contributed by atoms with van der Waals surface area (Å²) in [5.41, 5.74) is -0.371. The number of esters is 1. The maximum absolute atomic E-state index is 11.6. The number of rotatable bonds is 5. The smallest absolute Gasteiger partial charge is 0.308 e. The Morgan fingerprint density at radius 3 is 2.33 bits per heavy atom. The normalized spacial score (nSPS) is 26.2. The molecule has 0 unspecified atom stereocenters. The van der Waals surface area contributed by atoms with E-state index in [-0.39, 0.29) is 35.1 Å². The number of hydrogen-bond acceptors (Lipinski definition) is 4. The molecule has 1 aliphatic heterocycles. The molecule has 1 heterocycles. The lowest BCUT2D eigenvalue weighted by Crippen LogP contribution is -2.53. The molecule has 0 bridgehead atoms. The van der Waals surface area contributed by atoms with E-state index in [0.717, 1.165) is 0 Å². The first-order valence-corrected chi connectivity index (χ1v) is 7.91. The monoisotopic (exact) mass is 300 g/mol. The first kappa shape index (κ1) is 18.4. The highest BCUT2D eigenvalue weighted by Gasteiger charge is 2.45. The van der Waals surface area contributed by atoms with Gasteiger partial charge in [-0.2, -0.15) is 0 Å². The fourth-order valence-electron chi connectivity index (χ4n) is 2.69. The van der Waals surface area contributed by atoms with Crippen molar-refractivity contribution >= 4 is 5.97 Å². The van der Waals surface area contributed by atoms with Crippen LogP contribution in [0.3, 0.4) is 0 Å². The molecule has 21 heavy (non-hydrogen) atoms. The van der Waals surface area contributed by atoms with Crippen molar-refractivity contribution in [1.82, 2.24) is 0 Å². The van der Waals surface area contributed by atoms with Crippen molar-refractivity contribution in [3.05, 3.63) is 0 Å². The Hall–Kier alpha value is -0.610. The van der Waals surface area contributed by atoms with Gasteiger partial charge in [0.1, 0.15) is 6.61 Å². The molecule has 0 amide bonds. The van der Waals surface area contributed by atoms with Crippen molar-refractivity contribution in [3.8, 4) is 0 Å². The van der Waals surface area contributed by atoms with Gasteiger partial charge < -0.3 is 14.2 Å². The van der Waals surface area contributed by atoms with E-state index in [0.29, 0.717) is 19.1 Å². The Morgan fingerprint density at radius 1 is 1.29 bits per heavy atom. The molecular weight excluding hydrogens is 268 g/mol. The predicted octanol–water partition coefficient (Wildman–Crippen LogP) is 3.64. The van der Waals surface area contributed by atoms with E-state index < -0.39 is 0 Å². The van der Waals surface area contributed by atoms with Crippen LogP contribution in [0.2, 0.25) is 0 Å². The Bertz CT molecular complexity index is 358. The molecule has 0 aromatic carbocycles. The zero-order valence-corrected chi connectivity index (χ0v) is 14.9. The summed E-state index contributed by atoms with van der Waals surface area (Å²) < 4.78 is 17.5. The summed E-state index contributed by atoms with van der Waals surface area (Å²) >= 11 is 0. The third kappa shape index (κ3) is 4.68. The summed E-state index contributed by atoms with van der Waals surface area (Å²) in [5.74, 6) is 0.122. The lowest BCUT2D eigenvalue weighted by molar-refractivity contribution is -0.307. The van der Waals surface area contributed by atoms with Crippen LogP contribution in [0.1, 0.15) is 55.4 Å². The van der Waals surface area contributed by atoms with E-state index in [1.54, 1.807) is 0 Å². The lowest BCUT2D eigenvalue weighted by Gasteiger charge is -2.48. The van der Waals surface area contributed by atoms with Gasteiger partial charge in [0.2, 0.25) is 0 Å². The molecule has 0 radical (unpaired) electrons. The highest BCUT2D eigenvalue weighted by Crippen LogP contribution is 2.39. The van der Waals surface area contributed by atoms with Crippen molar-refractivity contribution in [2.75, 3.05) is 13.2 Å². The van der Waals surface area contributed by atoms with Crippen LogP contribution in [-0.4, -0.2) is 31.6 Å². The molecule has 0 aromatic rings. The number of hydrogen-bond donors (Lipinski definition) is 0. The SMILES string of the molecule is CC(C)C(=O)OCC(C)(C)[C@@H]1OCC(C)(C)[C@H](C(C)C)O1. The fraction of sp³-hybridized carbons (Fsp3) is 0.941. The van der Waals surface area contributed by atoms with Crippen LogP contribution >= 0.6 is 0 Å². The fourth-order valence-corrected chi connectivity index (χ4v) is 2.69. The molecule has 1 fully saturated rings. The summed E-state index contributed by atoms with van der Waals surface area (Å²) in [6.45, 7) is 17.3. The van der Waals surface area contributed by atoms with Gasteiger partial charge in [0.25, 0.3) is 0 Å². The molecular formula is C17H32O4. The highest BCUT2D eigenvalue weighted by atomic mass is 16.7. The third-order valence-electron chi connectivity index (χ3n) is 3.95. The van der Waals surface area contributed by atoms with Crippen molar-refractivity contribution in [3.63, 3.8) is 0 Å². The Morgan fingerprint density at radius 2 is 1.86 bits per heavy atom. The van der Waals surface area contributed by atoms with Crippen LogP contribution < -0.4 is 0 Å². The topological polar surface area (TPSA) is 44.8 Å². The van der Waals surface area contributed by atoms with E-state index in [2.05, 4.69) is 27.7 Å². The van der Waals surface area contributed by atoms with Gasteiger partial charge in [0, 0.05) is 10.8 Å². The highest BCUT2D eigenvalue weighted by molar-refractivity contribution is 5.71. The van der Waals surface area contributed by atoms with E-state index in [1.165, 1.54) is 0 Å². The van der Waals surface area contributed by atoms with Gasteiger partial charge in [0.15, 0.2) is 6.29 Å². The quantitative estimate of drug-likeness (QED) is 0.727. The minimum Gasteiger partial charge on any atom is -0.465 e. The first-order valence-electron chi connectivity index (χ1n) is 7.91. The predicted molar refractivity (Wildman–Crippen MR) is 82.8 cm³/mol. The van der Waals surface area contributed by atoms with Gasteiger partial charge in [-0.1, -0.05) is 55.4 Å². The maximum atomic E-state index is 11.6. The molecule has 1 aliphatic rings.